The molecule has 98 valence electrons. The molecule has 0 aliphatic rings. The summed E-state index contributed by atoms with van der Waals surface area (Å²) in [5.74, 6) is -0.988. The molecule has 6 heteroatoms. The summed E-state index contributed by atoms with van der Waals surface area (Å²) in [7, 11) is -1.80. The Morgan fingerprint density at radius 3 is 2.50 bits per heavy atom. The molecular formula is C12H17BFNO3. The minimum absolute atomic E-state index is 0.0134. The van der Waals surface area contributed by atoms with Crippen molar-refractivity contribution in [2.24, 2.45) is 0 Å². The van der Waals surface area contributed by atoms with Crippen LogP contribution in [0.4, 0.5) is 4.39 Å². The Morgan fingerprint density at radius 2 is 2.06 bits per heavy atom. The molecule has 1 aromatic rings. The maximum Gasteiger partial charge on any atom is 0.489 e. The lowest BCUT2D eigenvalue weighted by molar-refractivity contribution is 0.0717. The smallest absolute Gasteiger partial charge is 0.423 e. The SMILES string of the molecule is CCN(C(=O)c1cc(F)ccc1B(O)O)C(C)C. The van der Waals surface area contributed by atoms with Crippen LogP contribution in [0.25, 0.3) is 0 Å². The number of halogens is 1. The van der Waals surface area contributed by atoms with Crippen LogP contribution in [0.5, 0.6) is 0 Å². The summed E-state index contributed by atoms with van der Waals surface area (Å²) in [6, 6.07) is 3.29. The fourth-order valence-electron chi connectivity index (χ4n) is 1.84. The van der Waals surface area contributed by atoms with Crippen molar-refractivity contribution in [3.63, 3.8) is 0 Å². The van der Waals surface area contributed by atoms with Crippen LogP contribution in [0.2, 0.25) is 0 Å². The van der Waals surface area contributed by atoms with Crippen LogP contribution < -0.4 is 5.46 Å². The fourth-order valence-corrected chi connectivity index (χ4v) is 1.84. The minimum atomic E-state index is -1.80. The van der Waals surface area contributed by atoms with Gasteiger partial charge in [0, 0.05) is 18.2 Å². The Bertz CT molecular complexity index is 437. The standard InChI is InChI=1S/C12H17BFNO3/c1-4-15(8(2)3)12(16)10-7-9(14)5-6-11(10)13(17)18/h5-8,17-18H,4H2,1-3H3. The summed E-state index contributed by atoms with van der Waals surface area (Å²) in [6.45, 7) is 5.96. The Hall–Kier alpha value is -1.40. The van der Waals surface area contributed by atoms with Gasteiger partial charge in [-0.3, -0.25) is 4.79 Å². The van der Waals surface area contributed by atoms with E-state index in [4.69, 9.17) is 0 Å². The first-order valence-electron chi connectivity index (χ1n) is 5.85. The Morgan fingerprint density at radius 1 is 1.44 bits per heavy atom. The molecule has 0 bridgehead atoms. The van der Waals surface area contributed by atoms with E-state index in [-0.39, 0.29) is 17.1 Å². The number of carbonyl (C=O) groups is 1. The second-order valence-corrected chi connectivity index (χ2v) is 4.29. The minimum Gasteiger partial charge on any atom is -0.423 e. The van der Waals surface area contributed by atoms with Crippen molar-refractivity contribution in [1.29, 1.82) is 0 Å². The number of hydrogen-bond donors (Lipinski definition) is 2. The van der Waals surface area contributed by atoms with Crippen molar-refractivity contribution < 1.29 is 19.2 Å². The zero-order chi connectivity index (χ0) is 13.9. The highest BCUT2D eigenvalue weighted by Gasteiger charge is 2.25. The second kappa shape index (κ2) is 5.97. The van der Waals surface area contributed by atoms with E-state index in [2.05, 4.69) is 0 Å². The van der Waals surface area contributed by atoms with Gasteiger partial charge >= 0.3 is 7.12 Å². The third-order valence-corrected chi connectivity index (χ3v) is 2.75. The highest BCUT2D eigenvalue weighted by molar-refractivity contribution is 6.60. The number of benzene rings is 1. The van der Waals surface area contributed by atoms with E-state index < -0.39 is 18.8 Å². The molecule has 0 radical (unpaired) electrons. The van der Waals surface area contributed by atoms with Crippen LogP contribution in [-0.4, -0.2) is 40.6 Å². The molecular weight excluding hydrogens is 236 g/mol. The molecule has 0 aliphatic heterocycles. The largest absolute Gasteiger partial charge is 0.489 e. The normalized spacial score (nSPS) is 10.6. The molecule has 0 saturated carbocycles. The molecule has 4 nitrogen and oxygen atoms in total. The monoisotopic (exact) mass is 253 g/mol. The Balaban J connectivity index is 3.22. The molecule has 0 saturated heterocycles. The summed E-state index contributed by atoms with van der Waals surface area (Å²) >= 11 is 0. The number of rotatable bonds is 4. The molecule has 0 heterocycles. The van der Waals surface area contributed by atoms with E-state index in [0.717, 1.165) is 12.1 Å². The number of nitrogens with zero attached hydrogens (tertiary/aromatic N) is 1. The lowest BCUT2D eigenvalue weighted by Gasteiger charge is -2.26. The third kappa shape index (κ3) is 3.08. The molecule has 0 atom stereocenters. The second-order valence-electron chi connectivity index (χ2n) is 4.29. The summed E-state index contributed by atoms with van der Waals surface area (Å²) in [5.41, 5.74) is 0.000972. The zero-order valence-electron chi connectivity index (χ0n) is 10.7. The quantitative estimate of drug-likeness (QED) is 0.762. The molecule has 0 spiro atoms. The maximum absolute atomic E-state index is 13.2. The van der Waals surface area contributed by atoms with Gasteiger partial charge in [-0.15, -0.1) is 0 Å². The lowest BCUT2D eigenvalue weighted by atomic mass is 9.76. The first-order valence-corrected chi connectivity index (χ1v) is 5.85. The summed E-state index contributed by atoms with van der Waals surface area (Å²) in [5, 5.41) is 18.4. The molecule has 18 heavy (non-hydrogen) atoms. The van der Waals surface area contributed by atoms with Gasteiger partial charge in [-0.05, 0) is 38.4 Å². The van der Waals surface area contributed by atoms with Gasteiger partial charge in [0.05, 0.1) is 0 Å². The van der Waals surface area contributed by atoms with E-state index in [9.17, 15) is 19.2 Å². The van der Waals surface area contributed by atoms with Crippen molar-refractivity contribution in [3.8, 4) is 0 Å². The van der Waals surface area contributed by atoms with Gasteiger partial charge in [0.1, 0.15) is 5.82 Å². The molecule has 0 aromatic heterocycles. The van der Waals surface area contributed by atoms with Crippen molar-refractivity contribution >= 4 is 18.5 Å². The summed E-state index contributed by atoms with van der Waals surface area (Å²) in [4.78, 5) is 13.8. The molecule has 1 rings (SSSR count). The molecule has 2 N–H and O–H groups in total. The average Bonchev–Trinajstić information content (AvgIpc) is 2.28. The number of hydrogen-bond acceptors (Lipinski definition) is 3. The molecule has 1 aromatic carbocycles. The van der Waals surface area contributed by atoms with Gasteiger partial charge in [-0.25, -0.2) is 4.39 Å². The molecule has 0 unspecified atom stereocenters. The summed E-state index contributed by atoms with van der Waals surface area (Å²) < 4.78 is 13.2. The van der Waals surface area contributed by atoms with Gasteiger partial charge in [0.25, 0.3) is 5.91 Å². The van der Waals surface area contributed by atoms with Crippen LogP contribution in [0, 0.1) is 5.82 Å². The van der Waals surface area contributed by atoms with Crippen LogP contribution in [0.3, 0.4) is 0 Å². The highest BCUT2D eigenvalue weighted by Crippen LogP contribution is 2.09. The van der Waals surface area contributed by atoms with Crippen molar-refractivity contribution in [1.82, 2.24) is 4.90 Å². The van der Waals surface area contributed by atoms with Crippen molar-refractivity contribution in [2.75, 3.05) is 6.54 Å². The first kappa shape index (κ1) is 14.7. The zero-order valence-corrected chi connectivity index (χ0v) is 10.7. The lowest BCUT2D eigenvalue weighted by Crippen LogP contribution is -2.42. The van der Waals surface area contributed by atoms with E-state index in [1.54, 1.807) is 0 Å². The highest BCUT2D eigenvalue weighted by atomic mass is 19.1. The fraction of sp³-hybridized carbons (Fsp3) is 0.417. The predicted molar refractivity (Wildman–Crippen MR) is 68.1 cm³/mol. The third-order valence-electron chi connectivity index (χ3n) is 2.75. The van der Waals surface area contributed by atoms with E-state index in [1.165, 1.54) is 11.0 Å². The topological polar surface area (TPSA) is 60.8 Å². The van der Waals surface area contributed by atoms with Crippen molar-refractivity contribution in [2.45, 2.75) is 26.8 Å². The van der Waals surface area contributed by atoms with Crippen LogP contribution in [0.1, 0.15) is 31.1 Å². The molecule has 0 aliphatic carbocycles. The average molecular weight is 253 g/mol. The summed E-state index contributed by atoms with van der Waals surface area (Å²) in [6.07, 6.45) is 0. The van der Waals surface area contributed by atoms with Gasteiger partial charge in [-0.1, -0.05) is 6.07 Å². The van der Waals surface area contributed by atoms with E-state index in [0.29, 0.717) is 6.54 Å². The molecule has 1 amide bonds. The van der Waals surface area contributed by atoms with Crippen LogP contribution >= 0.6 is 0 Å². The predicted octanol–water partition coefficient (Wildman–Crippen LogP) is 0.376. The van der Waals surface area contributed by atoms with Gasteiger partial charge in [-0.2, -0.15) is 0 Å². The van der Waals surface area contributed by atoms with E-state index >= 15 is 0 Å². The molecule has 0 fully saturated rings. The van der Waals surface area contributed by atoms with Crippen LogP contribution in [0.15, 0.2) is 18.2 Å². The Kier molecular flexibility index (Phi) is 4.87. The Labute approximate surface area is 106 Å². The number of carbonyl (C=O) groups excluding carboxylic acids is 1. The maximum atomic E-state index is 13.2. The van der Waals surface area contributed by atoms with Crippen molar-refractivity contribution in [3.05, 3.63) is 29.6 Å². The number of amides is 1. The first-order chi connectivity index (χ1) is 8.38. The van der Waals surface area contributed by atoms with Gasteiger partial charge in [0.2, 0.25) is 0 Å². The van der Waals surface area contributed by atoms with E-state index in [1.807, 2.05) is 20.8 Å². The van der Waals surface area contributed by atoms with Gasteiger partial charge < -0.3 is 14.9 Å². The van der Waals surface area contributed by atoms with Gasteiger partial charge in [0.15, 0.2) is 0 Å². The van der Waals surface area contributed by atoms with Crippen LogP contribution in [-0.2, 0) is 0 Å².